The molecule has 0 radical (unpaired) electrons. The number of nitrogens with zero attached hydrogens (tertiary/aromatic N) is 3. The van der Waals surface area contributed by atoms with Crippen molar-refractivity contribution in [1.82, 2.24) is 4.31 Å². The Balaban J connectivity index is 1.93. The van der Waals surface area contributed by atoms with Gasteiger partial charge in [-0.3, -0.25) is 14.9 Å². The van der Waals surface area contributed by atoms with E-state index in [1.165, 1.54) is 16.4 Å². The van der Waals surface area contributed by atoms with Gasteiger partial charge in [0.1, 0.15) is 5.69 Å². The molecule has 0 spiro atoms. The standard InChI is InChI=1S/C16H22N4O6S/c17-16(21)12-2-1-5-18(11-12)14-4-3-13(10-15(14)20(22)23)27(24,25)19-6-8-26-9-7-19/h3-4,10,12H,1-2,5-9,11H2,(H2,17,21). The minimum Gasteiger partial charge on any atom is -0.379 e. The van der Waals surface area contributed by atoms with Gasteiger partial charge in [0.05, 0.1) is 29.0 Å². The van der Waals surface area contributed by atoms with Crippen molar-refractivity contribution in [1.29, 1.82) is 0 Å². The third-order valence-corrected chi connectivity index (χ3v) is 6.81. The first-order chi connectivity index (χ1) is 12.8. The largest absolute Gasteiger partial charge is 0.379 e. The lowest BCUT2D eigenvalue weighted by atomic mass is 9.97. The zero-order valence-corrected chi connectivity index (χ0v) is 15.6. The molecule has 27 heavy (non-hydrogen) atoms. The molecular formula is C16H22N4O6S. The number of piperidine rings is 1. The van der Waals surface area contributed by atoms with Crippen molar-refractivity contribution in [3.8, 4) is 0 Å². The third-order valence-electron chi connectivity index (χ3n) is 4.92. The van der Waals surface area contributed by atoms with Crippen LogP contribution in [-0.4, -0.2) is 62.9 Å². The van der Waals surface area contributed by atoms with E-state index in [2.05, 4.69) is 0 Å². The second kappa shape index (κ2) is 7.79. The molecule has 2 N–H and O–H groups in total. The van der Waals surface area contributed by atoms with Crippen LogP contribution in [0.15, 0.2) is 23.1 Å². The number of sulfonamides is 1. The Morgan fingerprint density at radius 3 is 2.59 bits per heavy atom. The fourth-order valence-electron chi connectivity index (χ4n) is 3.44. The van der Waals surface area contributed by atoms with Gasteiger partial charge >= 0.3 is 0 Å². The van der Waals surface area contributed by atoms with E-state index in [-0.39, 0.29) is 36.1 Å². The fraction of sp³-hybridized carbons (Fsp3) is 0.562. The number of anilines is 1. The van der Waals surface area contributed by atoms with Gasteiger partial charge in [0.2, 0.25) is 15.9 Å². The van der Waals surface area contributed by atoms with Crippen molar-refractivity contribution >= 4 is 27.3 Å². The lowest BCUT2D eigenvalue weighted by Crippen LogP contribution is -2.41. The predicted octanol–water partition coefficient (Wildman–Crippen LogP) is 0.317. The van der Waals surface area contributed by atoms with Crippen molar-refractivity contribution in [2.24, 2.45) is 11.7 Å². The number of carbonyl (C=O) groups excluding carboxylic acids is 1. The van der Waals surface area contributed by atoms with E-state index in [1.807, 2.05) is 0 Å². The van der Waals surface area contributed by atoms with Crippen LogP contribution < -0.4 is 10.6 Å². The van der Waals surface area contributed by atoms with Crippen molar-refractivity contribution in [3.05, 3.63) is 28.3 Å². The summed E-state index contributed by atoms with van der Waals surface area (Å²) in [7, 11) is -3.83. The zero-order valence-electron chi connectivity index (χ0n) is 14.7. The van der Waals surface area contributed by atoms with Gasteiger partial charge in [-0.15, -0.1) is 0 Å². The van der Waals surface area contributed by atoms with Crippen molar-refractivity contribution in [2.75, 3.05) is 44.3 Å². The zero-order chi connectivity index (χ0) is 19.6. The number of nitro benzene ring substituents is 1. The highest BCUT2D eigenvalue weighted by Crippen LogP contribution is 2.34. The van der Waals surface area contributed by atoms with Gasteiger partial charge in [-0.2, -0.15) is 4.31 Å². The van der Waals surface area contributed by atoms with Crippen LogP contribution in [0.25, 0.3) is 0 Å². The number of rotatable bonds is 5. The van der Waals surface area contributed by atoms with Gasteiger partial charge in [-0.05, 0) is 25.0 Å². The van der Waals surface area contributed by atoms with Crippen molar-refractivity contribution in [2.45, 2.75) is 17.7 Å². The quantitative estimate of drug-likeness (QED) is 0.557. The highest BCUT2D eigenvalue weighted by Gasteiger charge is 2.32. The summed E-state index contributed by atoms with van der Waals surface area (Å²) in [5.41, 5.74) is 5.38. The van der Waals surface area contributed by atoms with Crippen LogP contribution in [0, 0.1) is 16.0 Å². The summed E-state index contributed by atoms with van der Waals surface area (Å²) in [6, 6.07) is 3.91. The molecule has 1 aromatic carbocycles. The number of primary amides is 1. The summed E-state index contributed by atoms with van der Waals surface area (Å²) in [5, 5.41) is 11.6. The number of benzene rings is 1. The first kappa shape index (κ1) is 19.5. The summed E-state index contributed by atoms with van der Waals surface area (Å²) < 4.78 is 32.0. The number of ether oxygens (including phenoxy) is 1. The molecule has 2 aliphatic heterocycles. The molecule has 0 aromatic heterocycles. The Kier molecular flexibility index (Phi) is 5.63. The molecule has 1 atom stereocenters. The molecule has 2 saturated heterocycles. The van der Waals surface area contributed by atoms with Gasteiger partial charge < -0.3 is 15.4 Å². The van der Waals surface area contributed by atoms with Crippen LogP contribution in [0.4, 0.5) is 11.4 Å². The maximum Gasteiger partial charge on any atom is 0.293 e. The Bertz CT molecular complexity index is 837. The Morgan fingerprint density at radius 2 is 1.96 bits per heavy atom. The number of nitro groups is 1. The molecule has 10 nitrogen and oxygen atoms in total. The predicted molar refractivity (Wildman–Crippen MR) is 96.8 cm³/mol. The fourth-order valence-corrected chi connectivity index (χ4v) is 4.87. The molecular weight excluding hydrogens is 376 g/mol. The lowest BCUT2D eigenvalue weighted by molar-refractivity contribution is -0.384. The number of carbonyl (C=O) groups is 1. The van der Waals surface area contributed by atoms with Gasteiger partial charge in [-0.25, -0.2) is 8.42 Å². The SMILES string of the molecule is NC(=O)C1CCCN(c2ccc(S(=O)(=O)N3CCOCC3)cc2[N+](=O)[O-])C1. The van der Waals surface area contributed by atoms with Crippen LogP contribution in [0.1, 0.15) is 12.8 Å². The van der Waals surface area contributed by atoms with E-state index in [0.717, 1.165) is 6.07 Å². The van der Waals surface area contributed by atoms with E-state index >= 15 is 0 Å². The molecule has 11 heteroatoms. The summed E-state index contributed by atoms with van der Waals surface area (Å²) in [6.07, 6.45) is 1.32. The molecule has 148 valence electrons. The van der Waals surface area contributed by atoms with Crippen LogP contribution in [0.3, 0.4) is 0 Å². The van der Waals surface area contributed by atoms with E-state index in [4.69, 9.17) is 10.5 Å². The molecule has 3 rings (SSSR count). The summed E-state index contributed by atoms with van der Waals surface area (Å²) in [5.74, 6) is -0.816. The average molecular weight is 398 g/mol. The average Bonchev–Trinajstić information content (AvgIpc) is 2.68. The van der Waals surface area contributed by atoms with Crippen molar-refractivity contribution < 1.29 is 22.9 Å². The first-order valence-corrected chi connectivity index (χ1v) is 10.2. The number of nitrogens with two attached hydrogens (primary N) is 1. The molecule has 0 bridgehead atoms. The Morgan fingerprint density at radius 1 is 1.26 bits per heavy atom. The summed E-state index contributed by atoms with van der Waals surface area (Å²) >= 11 is 0. The highest BCUT2D eigenvalue weighted by atomic mass is 32.2. The van der Waals surface area contributed by atoms with Crippen LogP contribution in [0.2, 0.25) is 0 Å². The van der Waals surface area contributed by atoms with E-state index < -0.39 is 20.9 Å². The summed E-state index contributed by atoms with van der Waals surface area (Å²) in [4.78, 5) is 24.1. The molecule has 1 unspecified atom stereocenters. The molecule has 0 aliphatic carbocycles. The highest BCUT2D eigenvalue weighted by molar-refractivity contribution is 7.89. The second-order valence-electron chi connectivity index (χ2n) is 6.61. The molecule has 1 amide bonds. The Hall–Kier alpha value is -2.24. The van der Waals surface area contributed by atoms with Crippen molar-refractivity contribution in [3.63, 3.8) is 0 Å². The maximum absolute atomic E-state index is 12.8. The van der Waals surface area contributed by atoms with Crippen LogP contribution in [-0.2, 0) is 19.6 Å². The minimum atomic E-state index is -3.83. The van der Waals surface area contributed by atoms with E-state index in [1.54, 1.807) is 4.90 Å². The van der Waals surface area contributed by atoms with Gasteiger partial charge in [0, 0.05) is 32.2 Å². The Labute approximate surface area is 157 Å². The van der Waals surface area contributed by atoms with Gasteiger partial charge in [-0.1, -0.05) is 0 Å². The number of amides is 1. The molecule has 2 fully saturated rings. The molecule has 2 aliphatic rings. The smallest absolute Gasteiger partial charge is 0.293 e. The molecule has 2 heterocycles. The third kappa shape index (κ3) is 4.04. The maximum atomic E-state index is 12.8. The second-order valence-corrected chi connectivity index (χ2v) is 8.55. The van der Waals surface area contributed by atoms with E-state index in [9.17, 15) is 23.3 Å². The first-order valence-electron chi connectivity index (χ1n) is 8.71. The number of hydrogen-bond donors (Lipinski definition) is 1. The van der Waals surface area contributed by atoms with E-state index in [0.29, 0.717) is 38.3 Å². The number of morpholine rings is 1. The molecule has 1 aromatic rings. The minimum absolute atomic E-state index is 0.122. The molecule has 0 saturated carbocycles. The monoisotopic (exact) mass is 398 g/mol. The lowest BCUT2D eigenvalue weighted by Gasteiger charge is -2.32. The summed E-state index contributed by atoms with van der Waals surface area (Å²) in [6.45, 7) is 1.84. The van der Waals surface area contributed by atoms with Gasteiger partial charge in [0.15, 0.2) is 0 Å². The van der Waals surface area contributed by atoms with Crippen LogP contribution in [0.5, 0.6) is 0 Å². The topological polar surface area (TPSA) is 136 Å². The van der Waals surface area contributed by atoms with Crippen LogP contribution >= 0.6 is 0 Å². The number of hydrogen-bond acceptors (Lipinski definition) is 7. The van der Waals surface area contributed by atoms with Gasteiger partial charge in [0.25, 0.3) is 5.69 Å². The normalized spacial score (nSPS) is 21.8.